The summed E-state index contributed by atoms with van der Waals surface area (Å²) in [5, 5.41) is 3.33. The number of halogens is 4. The van der Waals surface area contributed by atoms with Crippen LogP contribution in [0.25, 0.3) is 0 Å². The molecule has 0 saturated carbocycles. The molecule has 0 aliphatic carbocycles. The Hall–Kier alpha value is -1.14. The SMILES string of the molecule is CC(Nc1cc(Br)ccc1Br)c1cccc(OC(F)F)c1. The van der Waals surface area contributed by atoms with Gasteiger partial charge in [0.25, 0.3) is 0 Å². The summed E-state index contributed by atoms with van der Waals surface area (Å²) in [6.07, 6.45) is 0. The van der Waals surface area contributed by atoms with E-state index in [1.54, 1.807) is 12.1 Å². The minimum Gasteiger partial charge on any atom is -0.435 e. The van der Waals surface area contributed by atoms with Crippen LogP contribution in [-0.4, -0.2) is 6.61 Å². The molecule has 0 saturated heterocycles. The molecule has 0 fully saturated rings. The van der Waals surface area contributed by atoms with Crippen molar-refractivity contribution in [3.8, 4) is 5.75 Å². The maximum absolute atomic E-state index is 12.2. The summed E-state index contributed by atoms with van der Waals surface area (Å²) in [4.78, 5) is 0. The van der Waals surface area contributed by atoms with Crippen LogP contribution in [0.3, 0.4) is 0 Å². The van der Waals surface area contributed by atoms with E-state index < -0.39 is 6.61 Å². The fraction of sp³-hybridized carbons (Fsp3) is 0.200. The molecule has 0 aromatic heterocycles. The summed E-state index contributed by atoms with van der Waals surface area (Å²) in [6.45, 7) is -0.864. The summed E-state index contributed by atoms with van der Waals surface area (Å²) in [5.41, 5.74) is 1.78. The van der Waals surface area contributed by atoms with Crippen molar-refractivity contribution in [2.45, 2.75) is 19.6 Å². The molecule has 1 atom stereocenters. The highest BCUT2D eigenvalue weighted by Gasteiger charge is 2.10. The van der Waals surface area contributed by atoms with E-state index in [-0.39, 0.29) is 11.8 Å². The molecular weight excluding hydrogens is 408 g/mol. The van der Waals surface area contributed by atoms with E-state index in [1.807, 2.05) is 31.2 Å². The number of ether oxygens (including phenoxy) is 1. The van der Waals surface area contributed by atoms with Gasteiger partial charge in [0.15, 0.2) is 0 Å². The number of alkyl halides is 2. The molecule has 0 aliphatic rings. The Labute approximate surface area is 138 Å². The van der Waals surface area contributed by atoms with Crippen molar-refractivity contribution in [1.29, 1.82) is 0 Å². The van der Waals surface area contributed by atoms with Gasteiger partial charge in [-0.2, -0.15) is 8.78 Å². The molecule has 2 aromatic carbocycles. The van der Waals surface area contributed by atoms with E-state index in [9.17, 15) is 8.78 Å². The predicted octanol–water partition coefficient (Wildman–Crippen LogP) is 5.99. The summed E-state index contributed by atoms with van der Waals surface area (Å²) < 4.78 is 30.8. The molecular formula is C15H13Br2F2NO. The van der Waals surface area contributed by atoms with Gasteiger partial charge < -0.3 is 10.1 Å². The third-order valence-electron chi connectivity index (χ3n) is 2.88. The summed E-state index contributed by atoms with van der Waals surface area (Å²) in [5.74, 6) is 0.157. The van der Waals surface area contributed by atoms with Gasteiger partial charge in [0.1, 0.15) is 5.75 Å². The highest BCUT2D eigenvalue weighted by atomic mass is 79.9. The lowest BCUT2D eigenvalue weighted by Crippen LogP contribution is -2.08. The van der Waals surface area contributed by atoms with Crippen LogP contribution in [0, 0.1) is 0 Å². The molecule has 0 radical (unpaired) electrons. The quantitative estimate of drug-likeness (QED) is 0.641. The minimum atomic E-state index is -2.82. The number of hydrogen-bond donors (Lipinski definition) is 1. The average Bonchev–Trinajstić information content (AvgIpc) is 2.42. The van der Waals surface area contributed by atoms with Gasteiger partial charge in [0.2, 0.25) is 0 Å². The molecule has 112 valence electrons. The smallest absolute Gasteiger partial charge is 0.387 e. The molecule has 1 N–H and O–H groups in total. The fourth-order valence-corrected chi connectivity index (χ4v) is 2.61. The lowest BCUT2D eigenvalue weighted by Gasteiger charge is -2.18. The lowest BCUT2D eigenvalue weighted by atomic mass is 10.1. The van der Waals surface area contributed by atoms with Gasteiger partial charge in [0, 0.05) is 15.0 Å². The highest BCUT2D eigenvalue weighted by Crippen LogP contribution is 2.30. The van der Waals surface area contributed by atoms with Crippen LogP contribution in [0.5, 0.6) is 5.75 Å². The van der Waals surface area contributed by atoms with Crippen molar-refractivity contribution < 1.29 is 13.5 Å². The molecule has 0 amide bonds. The van der Waals surface area contributed by atoms with E-state index in [2.05, 4.69) is 41.9 Å². The van der Waals surface area contributed by atoms with E-state index >= 15 is 0 Å². The van der Waals surface area contributed by atoms with Crippen molar-refractivity contribution in [3.63, 3.8) is 0 Å². The van der Waals surface area contributed by atoms with E-state index in [0.717, 1.165) is 20.2 Å². The van der Waals surface area contributed by atoms with Gasteiger partial charge in [-0.15, -0.1) is 0 Å². The van der Waals surface area contributed by atoms with Crippen molar-refractivity contribution >= 4 is 37.5 Å². The molecule has 0 spiro atoms. The third kappa shape index (κ3) is 4.68. The lowest BCUT2D eigenvalue weighted by molar-refractivity contribution is -0.0498. The van der Waals surface area contributed by atoms with Gasteiger partial charge in [-0.05, 0) is 58.7 Å². The van der Waals surface area contributed by atoms with Crippen LogP contribution in [0.4, 0.5) is 14.5 Å². The molecule has 21 heavy (non-hydrogen) atoms. The molecule has 6 heteroatoms. The number of anilines is 1. The first kappa shape index (κ1) is 16.2. The standard InChI is InChI=1S/C15H13Br2F2NO/c1-9(20-14-8-11(16)5-6-13(14)17)10-3-2-4-12(7-10)21-15(18)19/h2-9,15,20H,1H3. The fourth-order valence-electron chi connectivity index (χ4n) is 1.88. The second-order valence-corrected chi connectivity index (χ2v) is 6.21. The first-order chi connectivity index (χ1) is 9.95. The predicted molar refractivity (Wildman–Crippen MR) is 87.0 cm³/mol. The first-order valence-corrected chi connectivity index (χ1v) is 7.80. The van der Waals surface area contributed by atoms with Crippen LogP contribution in [0.15, 0.2) is 51.4 Å². The topological polar surface area (TPSA) is 21.3 Å². The highest BCUT2D eigenvalue weighted by molar-refractivity contribution is 9.11. The van der Waals surface area contributed by atoms with E-state index in [0.29, 0.717) is 0 Å². The van der Waals surface area contributed by atoms with Crippen LogP contribution >= 0.6 is 31.9 Å². The first-order valence-electron chi connectivity index (χ1n) is 6.22. The molecule has 2 nitrogen and oxygen atoms in total. The Kier molecular flexibility index (Phi) is 5.58. The zero-order valence-electron chi connectivity index (χ0n) is 11.1. The maximum atomic E-state index is 12.2. The molecule has 0 heterocycles. The molecule has 0 aliphatic heterocycles. The van der Waals surface area contributed by atoms with Gasteiger partial charge in [-0.1, -0.05) is 28.1 Å². The van der Waals surface area contributed by atoms with Gasteiger partial charge in [-0.25, -0.2) is 0 Å². The van der Waals surface area contributed by atoms with Gasteiger partial charge in [0.05, 0.1) is 5.69 Å². The molecule has 1 unspecified atom stereocenters. The largest absolute Gasteiger partial charge is 0.435 e. The number of hydrogen-bond acceptors (Lipinski definition) is 2. The van der Waals surface area contributed by atoms with Crippen LogP contribution in [0.1, 0.15) is 18.5 Å². The van der Waals surface area contributed by atoms with Gasteiger partial charge in [-0.3, -0.25) is 0 Å². The Morgan fingerprint density at radius 2 is 1.86 bits per heavy atom. The van der Waals surface area contributed by atoms with Crippen molar-refractivity contribution in [2.75, 3.05) is 5.32 Å². The van der Waals surface area contributed by atoms with Gasteiger partial charge >= 0.3 is 6.61 Å². The molecule has 2 rings (SSSR count). The Balaban J connectivity index is 2.16. The third-order valence-corrected chi connectivity index (χ3v) is 4.07. The summed E-state index contributed by atoms with van der Waals surface area (Å²) >= 11 is 6.89. The van der Waals surface area contributed by atoms with Crippen LogP contribution < -0.4 is 10.1 Å². The molecule has 2 aromatic rings. The zero-order valence-corrected chi connectivity index (χ0v) is 14.3. The average molecular weight is 421 g/mol. The minimum absolute atomic E-state index is 0.0585. The van der Waals surface area contributed by atoms with Crippen LogP contribution in [-0.2, 0) is 0 Å². The number of benzene rings is 2. The zero-order chi connectivity index (χ0) is 15.4. The van der Waals surface area contributed by atoms with E-state index in [1.165, 1.54) is 6.07 Å². The summed E-state index contributed by atoms with van der Waals surface area (Å²) in [6, 6.07) is 12.4. The van der Waals surface area contributed by atoms with E-state index in [4.69, 9.17) is 0 Å². The second kappa shape index (κ2) is 7.22. The van der Waals surface area contributed by atoms with Crippen molar-refractivity contribution in [3.05, 3.63) is 57.0 Å². The number of nitrogens with one attached hydrogen (secondary N) is 1. The van der Waals surface area contributed by atoms with Crippen molar-refractivity contribution in [1.82, 2.24) is 0 Å². The monoisotopic (exact) mass is 419 g/mol. The second-order valence-electron chi connectivity index (χ2n) is 4.44. The number of rotatable bonds is 5. The summed E-state index contributed by atoms with van der Waals surface area (Å²) in [7, 11) is 0. The Bertz CT molecular complexity index is 622. The molecule has 0 bridgehead atoms. The normalized spacial score (nSPS) is 12.3. The Morgan fingerprint density at radius 3 is 2.57 bits per heavy atom. The van der Waals surface area contributed by atoms with Crippen molar-refractivity contribution in [2.24, 2.45) is 0 Å². The van der Waals surface area contributed by atoms with Crippen LogP contribution in [0.2, 0.25) is 0 Å². The maximum Gasteiger partial charge on any atom is 0.387 e. The Morgan fingerprint density at radius 1 is 1.10 bits per heavy atom.